The van der Waals surface area contributed by atoms with E-state index in [-0.39, 0.29) is 5.91 Å². The van der Waals surface area contributed by atoms with E-state index in [1.807, 2.05) is 48.9 Å². The van der Waals surface area contributed by atoms with Crippen molar-refractivity contribution in [3.8, 4) is 17.1 Å². The number of hydrogen-bond acceptors (Lipinski definition) is 4. The molecule has 2 N–H and O–H groups in total. The Kier molecular flexibility index (Phi) is 4.33. The van der Waals surface area contributed by atoms with E-state index >= 15 is 0 Å². The monoisotopic (exact) mass is 361 g/mol. The van der Waals surface area contributed by atoms with E-state index in [4.69, 9.17) is 4.42 Å². The molecule has 1 aromatic carbocycles. The summed E-state index contributed by atoms with van der Waals surface area (Å²) in [4.78, 5) is 12.4. The number of rotatable bonds is 5. The van der Waals surface area contributed by atoms with Crippen molar-refractivity contribution in [1.29, 1.82) is 0 Å². The molecular formula is C20H19N5O2. The standard InChI is InChI=1S/C20H19N5O2/c1-13-16(14(2)25(24-13)15-7-4-3-5-8-15)12-21-20(26)18-11-17(22-23-18)19-9-6-10-27-19/h3-11H,12H2,1-2H3,(H,21,26)(H,22,23). The minimum Gasteiger partial charge on any atom is -0.463 e. The third kappa shape index (κ3) is 3.27. The van der Waals surface area contributed by atoms with Crippen LogP contribution in [-0.2, 0) is 6.54 Å². The van der Waals surface area contributed by atoms with Gasteiger partial charge in [0.15, 0.2) is 11.5 Å². The predicted molar refractivity (Wildman–Crippen MR) is 100 cm³/mol. The molecule has 7 heteroatoms. The van der Waals surface area contributed by atoms with Crippen molar-refractivity contribution < 1.29 is 9.21 Å². The molecule has 0 aliphatic heterocycles. The summed E-state index contributed by atoms with van der Waals surface area (Å²) in [6.45, 7) is 4.32. The van der Waals surface area contributed by atoms with E-state index in [0.717, 1.165) is 22.6 Å². The lowest BCUT2D eigenvalue weighted by Gasteiger charge is -2.06. The normalized spacial score (nSPS) is 10.9. The van der Waals surface area contributed by atoms with Gasteiger partial charge in [-0.25, -0.2) is 4.68 Å². The second kappa shape index (κ2) is 6.95. The molecular weight excluding hydrogens is 342 g/mol. The van der Waals surface area contributed by atoms with Gasteiger partial charge in [0.2, 0.25) is 0 Å². The summed E-state index contributed by atoms with van der Waals surface area (Å²) in [6.07, 6.45) is 1.58. The number of H-pyrrole nitrogens is 1. The molecule has 0 saturated carbocycles. The number of carbonyl (C=O) groups is 1. The lowest BCUT2D eigenvalue weighted by Crippen LogP contribution is -2.23. The first-order valence-corrected chi connectivity index (χ1v) is 8.61. The average Bonchev–Trinajstić information content (AvgIpc) is 3.42. The molecule has 0 atom stereocenters. The number of hydrogen-bond donors (Lipinski definition) is 2. The van der Waals surface area contributed by atoms with Crippen LogP contribution in [0.15, 0.2) is 59.2 Å². The van der Waals surface area contributed by atoms with Gasteiger partial charge < -0.3 is 9.73 Å². The molecule has 4 aromatic rings. The quantitative estimate of drug-likeness (QED) is 0.570. The molecule has 7 nitrogen and oxygen atoms in total. The number of aryl methyl sites for hydroxylation is 1. The summed E-state index contributed by atoms with van der Waals surface area (Å²) < 4.78 is 7.19. The summed E-state index contributed by atoms with van der Waals surface area (Å²) in [5, 5.41) is 14.4. The number of amides is 1. The van der Waals surface area contributed by atoms with Gasteiger partial charge in [0.1, 0.15) is 5.69 Å². The third-order valence-corrected chi connectivity index (χ3v) is 4.46. The second-order valence-corrected chi connectivity index (χ2v) is 6.22. The fourth-order valence-electron chi connectivity index (χ4n) is 3.01. The van der Waals surface area contributed by atoms with E-state index in [2.05, 4.69) is 20.6 Å². The summed E-state index contributed by atoms with van der Waals surface area (Å²) in [5.41, 5.74) is 4.84. The fraction of sp³-hybridized carbons (Fsp3) is 0.150. The van der Waals surface area contributed by atoms with Crippen molar-refractivity contribution in [2.45, 2.75) is 20.4 Å². The largest absolute Gasteiger partial charge is 0.463 e. The zero-order valence-electron chi connectivity index (χ0n) is 15.1. The number of aromatic amines is 1. The van der Waals surface area contributed by atoms with E-state index in [0.29, 0.717) is 23.7 Å². The van der Waals surface area contributed by atoms with Crippen molar-refractivity contribution in [3.05, 3.63) is 77.4 Å². The molecule has 0 aliphatic rings. The number of benzene rings is 1. The minimum atomic E-state index is -0.254. The number of nitrogens with one attached hydrogen (secondary N) is 2. The van der Waals surface area contributed by atoms with Gasteiger partial charge in [0, 0.05) is 23.9 Å². The Bertz CT molecular complexity index is 1060. The SMILES string of the molecule is Cc1nn(-c2ccccc2)c(C)c1CNC(=O)c1cc(-c2ccco2)[nH]n1. The molecule has 4 rings (SSSR count). The second-order valence-electron chi connectivity index (χ2n) is 6.22. The van der Waals surface area contributed by atoms with Crippen LogP contribution in [0.25, 0.3) is 17.1 Å². The van der Waals surface area contributed by atoms with E-state index in [1.54, 1.807) is 24.5 Å². The van der Waals surface area contributed by atoms with Gasteiger partial charge in [0.05, 0.1) is 17.6 Å². The van der Waals surface area contributed by atoms with Crippen LogP contribution >= 0.6 is 0 Å². The summed E-state index contributed by atoms with van der Waals surface area (Å²) >= 11 is 0. The molecule has 0 radical (unpaired) electrons. The zero-order valence-corrected chi connectivity index (χ0v) is 15.1. The van der Waals surface area contributed by atoms with Crippen LogP contribution in [0, 0.1) is 13.8 Å². The Morgan fingerprint density at radius 2 is 2.00 bits per heavy atom. The minimum absolute atomic E-state index is 0.254. The molecule has 0 unspecified atom stereocenters. The van der Waals surface area contributed by atoms with Gasteiger partial charge in [-0.15, -0.1) is 0 Å². The lowest BCUT2D eigenvalue weighted by molar-refractivity contribution is 0.0946. The molecule has 0 saturated heterocycles. The number of para-hydroxylation sites is 1. The number of furan rings is 1. The Balaban J connectivity index is 1.49. The van der Waals surface area contributed by atoms with Gasteiger partial charge in [-0.3, -0.25) is 9.89 Å². The van der Waals surface area contributed by atoms with Crippen molar-refractivity contribution in [2.24, 2.45) is 0 Å². The molecule has 3 aromatic heterocycles. The molecule has 1 amide bonds. The third-order valence-electron chi connectivity index (χ3n) is 4.46. The van der Waals surface area contributed by atoms with Crippen LogP contribution in [0.3, 0.4) is 0 Å². The first-order valence-electron chi connectivity index (χ1n) is 8.61. The molecule has 0 aliphatic carbocycles. The van der Waals surface area contributed by atoms with Crippen LogP contribution in [0.5, 0.6) is 0 Å². The van der Waals surface area contributed by atoms with Gasteiger partial charge in [-0.1, -0.05) is 18.2 Å². The topological polar surface area (TPSA) is 88.7 Å². The Hall–Kier alpha value is -3.61. The number of carbonyl (C=O) groups excluding carboxylic acids is 1. The molecule has 0 bridgehead atoms. The van der Waals surface area contributed by atoms with Crippen LogP contribution in [-0.4, -0.2) is 25.9 Å². The van der Waals surface area contributed by atoms with Crippen molar-refractivity contribution >= 4 is 5.91 Å². The van der Waals surface area contributed by atoms with Crippen LogP contribution < -0.4 is 5.32 Å². The van der Waals surface area contributed by atoms with Crippen molar-refractivity contribution in [2.75, 3.05) is 0 Å². The highest BCUT2D eigenvalue weighted by molar-refractivity contribution is 5.93. The summed E-state index contributed by atoms with van der Waals surface area (Å²) in [5.74, 6) is 0.382. The van der Waals surface area contributed by atoms with E-state index < -0.39 is 0 Å². The van der Waals surface area contributed by atoms with Crippen molar-refractivity contribution in [1.82, 2.24) is 25.3 Å². The van der Waals surface area contributed by atoms with Crippen molar-refractivity contribution in [3.63, 3.8) is 0 Å². The smallest absolute Gasteiger partial charge is 0.272 e. The molecule has 0 fully saturated rings. The maximum atomic E-state index is 12.4. The zero-order chi connectivity index (χ0) is 18.8. The first kappa shape index (κ1) is 16.8. The molecule has 27 heavy (non-hydrogen) atoms. The summed E-state index contributed by atoms with van der Waals surface area (Å²) in [7, 11) is 0. The van der Waals surface area contributed by atoms with Gasteiger partial charge >= 0.3 is 0 Å². The molecule has 0 spiro atoms. The van der Waals surface area contributed by atoms with E-state index in [1.165, 1.54) is 0 Å². The Morgan fingerprint density at radius 1 is 1.19 bits per heavy atom. The predicted octanol–water partition coefficient (Wildman–Crippen LogP) is 3.40. The van der Waals surface area contributed by atoms with E-state index in [9.17, 15) is 4.79 Å². The lowest BCUT2D eigenvalue weighted by atomic mass is 10.2. The highest BCUT2D eigenvalue weighted by atomic mass is 16.3. The maximum Gasteiger partial charge on any atom is 0.272 e. The number of nitrogens with zero attached hydrogens (tertiary/aromatic N) is 3. The Morgan fingerprint density at radius 3 is 2.74 bits per heavy atom. The molecule has 136 valence electrons. The van der Waals surface area contributed by atoms with Gasteiger partial charge in [0.25, 0.3) is 5.91 Å². The first-order chi connectivity index (χ1) is 13.1. The maximum absolute atomic E-state index is 12.4. The van der Waals surface area contributed by atoms with Crippen LogP contribution in [0.4, 0.5) is 0 Å². The summed E-state index contributed by atoms with van der Waals surface area (Å²) in [6, 6.07) is 15.2. The van der Waals surface area contributed by atoms with Gasteiger partial charge in [-0.05, 0) is 38.1 Å². The average molecular weight is 361 g/mol. The Labute approximate surface area is 156 Å². The highest BCUT2D eigenvalue weighted by Crippen LogP contribution is 2.19. The number of aromatic nitrogens is 4. The van der Waals surface area contributed by atoms with Crippen LogP contribution in [0.1, 0.15) is 27.4 Å². The fourth-order valence-corrected chi connectivity index (χ4v) is 3.01. The highest BCUT2D eigenvalue weighted by Gasteiger charge is 2.16. The van der Waals surface area contributed by atoms with Crippen LogP contribution in [0.2, 0.25) is 0 Å². The van der Waals surface area contributed by atoms with Gasteiger partial charge in [-0.2, -0.15) is 10.2 Å². The molecule has 3 heterocycles.